The summed E-state index contributed by atoms with van der Waals surface area (Å²) in [6.45, 7) is 2.27. The van der Waals surface area contributed by atoms with Crippen molar-refractivity contribution in [3.63, 3.8) is 0 Å². The Hall–Kier alpha value is -0.850. The summed E-state index contributed by atoms with van der Waals surface area (Å²) < 4.78 is 0. The quantitative estimate of drug-likeness (QED) is 0.249. The van der Waals surface area contributed by atoms with Crippen LogP contribution >= 0.6 is 0 Å². The number of carbonyl (C=O) groups excluding carboxylic acids is 1. The lowest BCUT2D eigenvalue weighted by Gasteiger charge is -2.18. The first-order valence-corrected chi connectivity index (χ1v) is 8.63. The molecule has 0 heterocycles. The number of aliphatic hydroxyl groups excluding tert-OH is 2. The largest absolute Gasteiger partial charge is 0.394 e. The molecule has 0 aromatic heterocycles. The van der Waals surface area contributed by atoms with Gasteiger partial charge in [-0.1, -0.05) is 64.7 Å². The molecule has 0 aliphatic heterocycles. The zero-order chi connectivity index (χ0) is 16.6. The smallest absolute Gasteiger partial charge is 0.315 e. The van der Waals surface area contributed by atoms with Gasteiger partial charge in [0.15, 0.2) is 6.29 Å². The second kappa shape index (κ2) is 15.1. The first kappa shape index (κ1) is 21.1. The van der Waals surface area contributed by atoms with Gasteiger partial charge >= 0.3 is 6.03 Å². The van der Waals surface area contributed by atoms with E-state index in [0.29, 0.717) is 6.54 Å². The Kier molecular flexibility index (Phi) is 14.5. The van der Waals surface area contributed by atoms with Gasteiger partial charge in [0.25, 0.3) is 0 Å². The fourth-order valence-electron chi connectivity index (χ4n) is 2.25. The van der Waals surface area contributed by atoms with Crippen LogP contribution in [0.5, 0.6) is 0 Å². The average Bonchev–Trinajstić information content (AvgIpc) is 2.50. The van der Waals surface area contributed by atoms with Crippen LogP contribution in [0, 0.1) is 0 Å². The number of unbranched alkanes of at least 4 members (excludes halogenated alkanes) is 9. The summed E-state index contributed by atoms with van der Waals surface area (Å²) in [5.41, 5.74) is 0. The number of urea groups is 1. The third-order valence-corrected chi connectivity index (χ3v) is 3.69. The molecule has 5 N–H and O–H groups in total. The number of aliphatic hydroxyl groups is 3. The Morgan fingerprint density at radius 2 is 1.41 bits per heavy atom. The molecule has 0 aliphatic rings. The first-order valence-electron chi connectivity index (χ1n) is 8.63. The van der Waals surface area contributed by atoms with E-state index in [1.165, 1.54) is 51.4 Å². The van der Waals surface area contributed by atoms with E-state index < -0.39 is 25.0 Å². The molecule has 0 aliphatic carbocycles. The summed E-state index contributed by atoms with van der Waals surface area (Å²) in [6, 6.07) is -1.53. The van der Waals surface area contributed by atoms with Gasteiger partial charge in [-0.25, -0.2) is 4.79 Å². The molecule has 1 unspecified atom stereocenters. The molecule has 1 atom stereocenters. The minimum absolute atomic E-state index is 0.483. The van der Waals surface area contributed by atoms with Crippen molar-refractivity contribution in [1.29, 1.82) is 0 Å². The summed E-state index contributed by atoms with van der Waals surface area (Å²) in [5.74, 6) is 0. The number of nitrogens with one attached hydrogen (secondary N) is 2. The van der Waals surface area contributed by atoms with Crippen molar-refractivity contribution in [3.05, 3.63) is 0 Å². The van der Waals surface area contributed by atoms with Crippen LogP contribution in [0.4, 0.5) is 4.79 Å². The molecule has 0 saturated carbocycles. The van der Waals surface area contributed by atoms with Crippen LogP contribution < -0.4 is 10.6 Å². The maximum Gasteiger partial charge on any atom is 0.315 e. The Bertz CT molecular complexity index is 263. The third-order valence-electron chi connectivity index (χ3n) is 3.69. The Balaban J connectivity index is 3.33. The SMILES string of the molecule is CCCCCCCCCCCCNC(=O)NC(CO)C(O)O. The number of hydrogen-bond donors (Lipinski definition) is 5. The lowest BCUT2D eigenvalue weighted by Crippen LogP contribution is -2.49. The van der Waals surface area contributed by atoms with E-state index in [2.05, 4.69) is 17.6 Å². The minimum atomic E-state index is -1.76. The lowest BCUT2D eigenvalue weighted by atomic mass is 10.1. The molecule has 0 fully saturated rings. The van der Waals surface area contributed by atoms with E-state index in [0.717, 1.165) is 12.8 Å². The molecule has 6 nitrogen and oxygen atoms in total. The normalized spacial score (nSPS) is 12.4. The summed E-state index contributed by atoms with van der Waals surface area (Å²) in [5, 5.41) is 31.5. The molecule has 0 spiro atoms. The molecule has 0 aromatic carbocycles. The van der Waals surface area contributed by atoms with Crippen LogP contribution in [0.25, 0.3) is 0 Å². The van der Waals surface area contributed by atoms with Gasteiger partial charge in [-0.3, -0.25) is 0 Å². The van der Waals surface area contributed by atoms with Gasteiger partial charge in [-0.2, -0.15) is 0 Å². The highest BCUT2D eigenvalue weighted by atomic mass is 16.5. The van der Waals surface area contributed by atoms with Crippen LogP contribution in [-0.4, -0.2) is 46.8 Å². The molecule has 132 valence electrons. The van der Waals surface area contributed by atoms with Crippen molar-refractivity contribution in [2.24, 2.45) is 0 Å². The molecule has 0 bridgehead atoms. The molecule has 0 saturated heterocycles. The Morgan fingerprint density at radius 3 is 1.86 bits per heavy atom. The fraction of sp³-hybridized carbons (Fsp3) is 0.938. The zero-order valence-corrected chi connectivity index (χ0v) is 13.9. The van der Waals surface area contributed by atoms with E-state index >= 15 is 0 Å². The molecule has 0 aromatic rings. The maximum absolute atomic E-state index is 11.4. The van der Waals surface area contributed by atoms with Gasteiger partial charge in [-0.15, -0.1) is 0 Å². The summed E-state index contributed by atoms with van der Waals surface area (Å²) in [6.07, 6.45) is 10.6. The van der Waals surface area contributed by atoms with Crippen LogP contribution in [-0.2, 0) is 0 Å². The second-order valence-corrected chi connectivity index (χ2v) is 5.78. The summed E-state index contributed by atoms with van der Waals surface area (Å²) in [7, 11) is 0. The molecule has 6 heteroatoms. The molecule has 22 heavy (non-hydrogen) atoms. The topological polar surface area (TPSA) is 102 Å². The maximum atomic E-state index is 11.4. The van der Waals surface area contributed by atoms with Crippen LogP contribution in [0.2, 0.25) is 0 Å². The predicted octanol–water partition coefficient (Wildman–Crippen LogP) is 1.88. The summed E-state index contributed by atoms with van der Waals surface area (Å²) in [4.78, 5) is 11.4. The first-order chi connectivity index (χ1) is 10.6. The molecule has 2 amide bonds. The van der Waals surface area contributed by atoms with Gasteiger partial charge in [0.1, 0.15) is 6.04 Å². The number of hydrogen-bond acceptors (Lipinski definition) is 4. The van der Waals surface area contributed by atoms with E-state index in [4.69, 9.17) is 15.3 Å². The highest BCUT2D eigenvalue weighted by molar-refractivity contribution is 5.74. The molecular formula is C16H34N2O4. The highest BCUT2D eigenvalue weighted by Crippen LogP contribution is 2.10. The highest BCUT2D eigenvalue weighted by Gasteiger charge is 2.17. The number of amides is 2. The minimum Gasteiger partial charge on any atom is -0.394 e. The van der Waals surface area contributed by atoms with Crippen molar-refractivity contribution >= 4 is 6.03 Å². The monoisotopic (exact) mass is 318 g/mol. The standard InChI is InChI=1S/C16H34N2O4/c1-2-3-4-5-6-7-8-9-10-11-12-17-16(22)18-14(13-19)15(20)21/h14-15,19-21H,2-13H2,1H3,(H2,17,18,22). The van der Waals surface area contributed by atoms with Crippen LogP contribution in [0.3, 0.4) is 0 Å². The van der Waals surface area contributed by atoms with Crippen molar-refractivity contribution in [2.45, 2.75) is 83.5 Å². The number of rotatable bonds is 14. The van der Waals surface area contributed by atoms with E-state index in [-0.39, 0.29) is 0 Å². The van der Waals surface area contributed by atoms with Crippen LogP contribution in [0.15, 0.2) is 0 Å². The summed E-state index contributed by atoms with van der Waals surface area (Å²) >= 11 is 0. The lowest BCUT2D eigenvalue weighted by molar-refractivity contribution is -0.0746. The van der Waals surface area contributed by atoms with Gasteiger partial charge < -0.3 is 26.0 Å². The average molecular weight is 318 g/mol. The Morgan fingerprint density at radius 1 is 0.909 bits per heavy atom. The molecular weight excluding hydrogens is 284 g/mol. The zero-order valence-electron chi connectivity index (χ0n) is 13.9. The van der Waals surface area contributed by atoms with E-state index in [1.54, 1.807) is 0 Å². The van der Waals surface area contributed by atoms with Crippen LogP contribution in [0.1, 0.15) is 71.1 Å². The predicted molar refractivity (Wildman–Crippen MR) is 87.5 cm³/mol. The third kappa shape index (κ3) is 12.9. The van der Waals surface area contributed by atoms with E-state index in [9.17, 15) is 4.79 Å². The van der Waals surface area contributed by atoms with Crippen molar-refractivity contribution in [3.8, 4) is 0 Å². The van der Waals surface area contributed by atoms with Crippen molar-refractivity contribution in [2.75, 3.05) is 13.2 Å². The van der Waals surface area contributed by atoms with Crippen molar-refractivity contribution < 1.29 is 20.1 Å². The Labute approximate surface area is 134 Å². The second-order valence-electron chi connectivity index (χ2n) is 5.78. The van der Waals surface area contributed by atoms with Crippen molar-refractivity contribution in [1.82, 2.24) is 10.6 Å². The van der Waals surface area contributed by atoms with Gasteiger partial charge in [0, 0.05) is 6.54 Å². The van der Waals surface area contributed by atoms with Gasteiger partial charge in [0.2, 0.25) is 0 Å². The van der Waals surface area contributed by atoms with Gasteiger partial charge in [-0.05, 0) is 6.42 Å². The number of carbonyl (C=O) groups is 1. The van der Waals surface area contributed by atoms with Gasteiger partial charge in [0.05, 0.1) is 6.61 Å². The molecule has 0 radical (unpaired) electrons. The van der Waals surface area contributed by atoms with E-state index in [1.807, 2.05) is 0 Å². The molecule has 0 rings (SSSR count). The fourth-order valence-corrected chi connectivity index (χ4v) is 2.25.